The average Bonchev–Trinajstić information content (AvgIpc) is 2.73. The van der Waals surface area contributed by atoms with Gasteiger partial charge in [-0.25, -0.2) is 9.74 Å². The van der Waals surface area contributed by atoms with E-state index >= 15 is 0 Å². The maximum absolute atomic E-state index is 13.1. The van der Waals surface area contributed by atoms with Gasteiger partial charge in [0.2, 0.25) is 17.2 Å². The molecule has 0 saturated carbocycles. The third-order valence-electron chi connectivity index (χ3n) is 3.62. The number of hydrogen-bond donors (Lipinski definition) is 0. The highest BCUT2D eigenvalue weighted by atomic mass is 19.3. The van der Waals surface area contributed by atoms with Crippen molar-refractivity contribution in [2.24, 2.45) is 0 Å². The molecule has 0 atom stereocenters. The summed E-state index contributed by atoms with van der Waals surface area (Å²) >= 11 is 0. The van der Waals surface area contributed by atoms with Crippen LogP contribution in [0.2, 0.25) is 0 Å². The predicted octanol–water partition coefficient (Wildman–Crippen LogP) is 3.57. The highest BCUT2D eigenvalue weighted by Crippen LogP contribution is 2.54. The van der Waals surface area contributed by atoms with E-state index in [4.69, 9.17) is 28.4 Å². The van der Waals surface area contributed by atoms with Gasteiger partial charge in [-0.3, -0.25) is 9.59 Å². The van der Waals surface area contributed by atoms with E-state index in [9.17, 15) is 18.9 Å². The summed E-state index contributed by atoms with van der Waals surface area (Å²) in [5.74, 6) is -4.85. The number of methoxy groups -OCH3 is 1. The van der Waals surface area contributed by atoms with Crippen LogP contribution in [0.5, 0.6) is 28.7 Å². The lowest BCUT2D eigenvalue weighted by Crippen LogP contribution is -2.19. The van der Waals surface area contributed by atoms with Crippen LogP contribution in [-0.4, -0.2) is 50.9 Å². The van der Waals surface area contributed by atoms with Gasteiger partial charge in [-0.2, -0.15) is 0 Å². The fraction of sp³-hybridized carbons (Fsp3) is 0.571. The van der Waals surface area contributed by atoms with Crippen molar-refractivity contribution >= 4 is 17.9 Å². The van der Waals surface area contributed by atoms with Crippen molar-refractivity contribution in [3.05, 3.63) is 5.56 Å². The molecule has 0 spiro atoms. The van der Waals surface area contributed by atoms with Crippen molar-refractivity contribution in [3.63, 3.8) is 0 Å². The number of hydrogen-bond acceptors (Lipinski definition) is 10. The topological polar surface area (TPSA) is 116 Å². The van der Waals surface area contributed by atoms with Crippen LogP contribution < -0.4 is 23.7 Å². The molecule has 32 heavy (non-hydrogen) atoms. The second-order valence-corrected chi connectivity index (χ2v) is 6.64. The van der Waals surface area contributed by atoms with Gasteiger partial charge in [0.25, 0.3) is 0 Å². The molecule has 11 heteroatoms. The number of carbonyl (C=O) groups excluding carboxylic acids is 3. The molecule has 0 aliphatic rings. The minimum atomic E-state index is -1.55. The normalized spacial score (nSPS) is 10.5. The summed E-state index contributed by atoms with van der Waals surface area (Å²) in [6.45, 7) is 8.11. The van der Waals surface area contributed by atoms with Crippen molar-refractivity contribution in [3.8, 4) is 28.7 Å². The number of rotatable bonds is 13. The zero-order valence-corrected chi connectivity index (χ0v) is 19.1. The zero-order chi connectivity index (χ0) is 24.3. The minimum Gasteiger partial charge on any atom is -0.489 e. The molecule has 0 N–H and O–H groups in total. The molecule has 0 unspecified atom stereocenters. The maximum Gasteiger partial charge on any atom is 0.387 e. The summed E-state index contributed by atoms with van der Waals surface area (Å²) < 4.78 is 45.5. The van der Waals surface area contributed by atoms with Crippen molar-refractivity contribution < 1.29 is 52.3 Å². The van der Waals surface area contributed by atoms with Gasteiger partial charge in [0, 0.05) is 18.6 Å². The Morgan fingerprint density at radius 1 is 0.906 bits per heavy atom. The number of carbonyl (C=O) groups is 3. The van der Waals surface area contributed by atoms with Gasteiger partial charge in [0.1, 0.15) is 0 Å². The van der Waals surface area contributed by atoms with Gasteiger partial charge >= 0.3 is 17.9 Å². The molecule has 0 aromatic heterocycles. The number of esters is 2. The minimum absolute atomic E-state index is 0.00991. The van der Waals surface area contributed by atoms with E-state index in [-0.39, 0.29) is 43.5 Å². The third-order valence-corrected chi connectivity index (χ3v) is 3.62. The van der Waals surface area contributed by atoms with Gasteiger partial charge in [-0.15, -0.1) is 0 Å². The van der Waals surface area contributed by atoms with Gasteiger partial charge in [-0.1, -0.05) is 6.92 Å². The Kier molecular flexibility index (Phi) is 11.3. The number of halogens is 1. The van der Waals surface area contributed by atoms with E-state index in [1.807, 2.05) is 6.92 Å². The van der Waals surface area contributed by atoms with E-state index in [2.05, 4.69) is 4.94 Å². The summed E-state index contributed by atoms with van der Waals surface area (Å²) in [6.07, 6.45) is -0.108. The van der Waals surface area contributed by atoms with Crippen LogP contribution in [0.1, 0.15) is 57.8 Å². The van der Waals surface area contributed by atoms with Crippen LogP contribution in [0.25, 0.3) is 0 Å². The molecule has 10 nitrogen and oxygen atoms in total. The molecule has 0 aliphatic carbocycles. The lowest BCUT2D eigenvalue weighted by Gasteiger charge is -2.24. The highest BCUT2D eigenvalue weighted by Gasteiger charge is 2.37. The molecule has 0 fully saturated rings. The molecular weight excluding hydrogens is 431 g/mol. The number of benzene rings is 1. The molecule has 1 aromatic rings. The molecule has 0 radical (unpaired) electrons. The monoisotopic (exact) mass is 460 g/mol. The van der Waals surface area contributed by atoms with Gasteiger partial charge in [-0.05, 0) is 27.2 Å². The van der Waals surface area contributed by atoms with Crippen LogP contribution >= 0.6 is 0 Å². The van der Waals surface area contributed by atoms with E-state index in [0.29, 0.717) is 6.42 Å². The Labute approximate surface area is 185 Å². The fourth-order valence-corrected chi connectivity index (χ4v) is 2.51. The predicted molar refractivity (Wildman–Crippen MR) is 109 cm³/mol. The summed E-state index contributed by atoms with van der Waals surface area (Å²) in [4.78, 5) is 40.0. The Morgan fingerprint density at radius 2 is 1.59 bits per heavy atom. The van der Waals surface area contributed by atoms with Crippen LogP contribution in [0.4, 0.5) is 4.53 Å². The number of ether oxygens (including phenoxy) is 6. The Morgan fingerprint density at radius 3 is 2.09 bits per heavy atom. The summed E-state index contributed by atoms with van der Waals surface area (Å²) in [7, 11) is 1.38. The van der Waals surface area contributed by atoms with Crippen molar-refractivity contribution in [1.29, 1.82) is 0 Å². The summed E-state index contributed by atoms with van der Waals surface area (Å²) in [6, 6.07) is 0. The molecule has 1 aromatic carbocycles. The SMILES string of the molecule is CCCOc1c(OC(C)C)c(OC(C)=O)c(OC(=O)CCOC)c(C(=O)OF)c1OCC. The molecule has 0 saturated heterocycles. The quantitative estimate of drug-likeness (QED) is 0.319. The van der Waals surface area contributed by atoms with Crippen molar-refractivity contribution in [2.75, 3.05) is 26.9 Å². The average molecular weight is 460 g/mol. The van der Waals surface area contributed by atoms with Crippen LogP contribution in [-0.2, 0) is 19.3 Å². The molecule has 0 bridgehead atoms. The first-order valence-corrected chi connectivity index (χ1v) is 10.1. The highest BCUT2D eigenvalue weighted by molar-refractivity contribution is 6.00. The Balaban J connectivity index is 4.00. The third kappa shape index (κ3) is 7.26. The summed E-state index contributed by atoms with van der Waals surface area (Å²) in [5, 5.41) is 0. The molecule has 0 heterocycles. The first-order valence-electron chi connectivity index (χ1n) is 10.1. The van der Waals surface area contributed by atoms with Gasteiger partial charge < -0.3 is 28.4 Å². The van der Waals surface area contributed by atoms with E-state index in [1.165, 1.54) is 7.11 Å². The molecule has 0 aliphatic heterocycles. The summed E-state index contributed by atoms with van der Waals surface area (Å²) in [5.41, 5.74) is -0.640. The van der Waals surface area contributed by atoms with E-state index in [1.54, 1.807) is 20.8 Å². The first-order chi connectivity index (χ1) is 15.2. The molecular formula is C21H29FO10. The smallest absolute Gasteiger partial charge is 0.387 e. The molecule has 0 amide bonds. The van der Waals surface area contributed by atoms with Crippen LogP contribution in [0, 0.1) is 0 Å². The van der Waals surface area contributed by atoms with Gasteiger partial charge in [0.15, 0.2) is 17.1 Å². The maximum atomic E-state index is 13.1. The Hall–Kier alpha value is -3.08. The molecule has 1 rings (SSSR count). The standard InChI is InChI=1S/C21H29FO10/c1-7-10-28-18-16(27-8-2)15(21(25)32-22)17(31-14(24)9-11-26-6)19(30-13(5)23)20(18)29-12(3)4/h12H,7-11H2,1-6H3. The van der Waals surface area contributed by atoms with Gasteiger partial charge in [0.05, 0.1) is 32.3 Å². The second kappa shape index (κ2) is 13.4. The fourth-order valence-electron chi connectivity index (χ4n) is 2.51. The van der Waals surface area contributed by atoms with E-state index < -0.39 is 41.1 Å². The lowest BCUT2D eigenvalue weighted by molar-refractivity contribution is -0.137. The zero-order valence-electron chi connectivity index (χ0n) is 19.1. The Bertz CT molecular complexity index is 807. The van der Waals surface area contributed by atoms with Crippen LogP contribution in [0.3, 0.4) is 0 Å². The van der Waals surface area contributed by atoms with Crippen LogP contribution in [0.15, 0.2) is 0 Å². The largest absolute Gasteiger partial charge is 0.489 e. The first kappa shape index (κ1) is 27.0. The van der Waals surface area contributed by atoms with Crippen molar-refractivity contribution in [2.45, 2.75) is 53.6 Å². The second-order valence-electron chi connectivity index (χ2n) is 6.64. The van der Waals surface area contributed by atoms with E-state index in [0.717, 1.165) is 6.92 Å². The lowest BCUT2D eigenvalue weighted by atomic mass is 10.1. The molecule has 180 valence electrons. The van der Waals surface area contributed by atoms with Crippen molar-refractivity contribution in [1.82, 2.24) is 0 Å².